The first kappa shape index (κ1) is 13.6. The highest BCUT2D eigenvalue weighted by molar-refractivity contribution is 5.72. The lowest BCUT2D eigenvalue weighted by atomic mass is 9.99. The molecule has 21 heavy (non-hydrogen) atoms. The van der Waals surface area contributed by atoms with E-state index in [9.17, 15) is 0 Å². The number of benzene rings is 1. The molecule has 0 atom stereocenters. The van der Waals surface area contributed by atoms with Gasteiger partial charge in [-0.15, -0.1) is 0 Å². The first-order valence-electron chi connectivity index (χ1n) is 7.18. The second-order valence-electron chi connectivity index (χ2n) is 4.96. The van der Waals surface area contributed by atoms with Crippen molar-refractivity contribution in [2.75, 3.05) is 24.6 Å². The molecule has 0 unspecified atom stereocenters. The van der Waals surface area contributed by atoms with Crippen LogP contribution in [0.25, 0.3) is 5.57 Å². The van der Waals surface area contributed by atoms with Gasteiger partial charge in [0.15, 0.2) is 0 Å². The van der Waals surface area contributed by atoms with E-state index >= 15 is 0 Å². The maximum atomic E-state index is 5.72. The van der Waals surface area contributed by atoms with Crippen LogP contribution in [0.3, 0.4) is 0 Å². The third-order valence-electron chi connectivity index (χ3n) is 3.62. The number of hydrogen-bond donors (Lipinski definition) is 0. The maximum Gasteiger partial charge on any atom is 0.245 e. The number of aromatic nitrogens is 4. The second kappa shape index (κ2) is 5.95. The lowest BCUT2D eigenvalue weighted by molar-refractivity contribution is 0.339. The number of nitrogens with zero attached hydrogens (tertiary/aromatic N) is 5. The lowest BCUT2D eigenvalue weighted by Crippen LogP contribution is -2.30. The van der Waals surface area contributed by atoms with Crippen LogP contribution in [0.15, 0.2) is 30.3 Å². The first-order chi connectivity index (χ1) is 10.3. The van der Waals surface area contributed by atoms with Gasteiger partial charge in [0, 0.05) is 25.7 Å². The molecular weight excluding hydrogens is 266 g/mol. The molecule has 6 nitrogen and oxygen atoms in total. The molecule has 110 valence electrons. The van der Waals surface area contributed by atoms with Crippen LogP contribution >= 0.6 is 0 Å². The quantitative estimate of drug-likeness (QED) is 0.859. The highest BCUT2D eigenvalue weighted by Gasteiger charge is 2.19. The molecule has 0 saturated heterocycles. The lowest BCUT2D eigenvalue weighted by Gasteiger charge is -2.27. The van der Waals surface area contributed by atoms with E-state index < -0.39 is 0 Å². The van der Waals surface area contributed by atoms with Crippen molar-refractivity contribution in [1.29, 1.82) is 0 Å². The summed E-state index contributed by atoms with van der Waals surface area (Å²) in [5.74, 6) is 1.77. The van der Waals surface area contributed by atoms with E-state index in [1.54, 1.807) is 4.68 Å². The zero-order chi connectivity index (χ0) is 14.7. The third-order valence-corrected chi connectivity index (χ3v) is 3.62. The Morgan fingerprint density at radius 3 is 2.81 bits per heavy atom. The Labute approximate surface area is 124 Å². The van der Waals surface area contributed by atoms with E-state index in [1.807, 2.05) is 26.1 Å². The number of rotatable bonds is 4. The van der Waals surface area contributed by atoms with Crippen LogP contribution < -0.4 is 9.64 Å². The number of ether oxygens (including phenoxy) is 1. The molecule has 0 radical (unpaired) electrons. The first-order valence-corrected chi connectivity index (χ1v) is 7.18. The molecule has 1 aromatic heterocycles. The molecule has 1 aliphatic heterocycles. The molecule has 0 N–H and O–H groups in total. The molecule has 0 bridgehead atoms. The topological polar surface area (TPSA) is 56.1 Å². The van der Waals surface area contributed by atoms with Gasteiger partial charge in [-0.1, -0.05) is 29.4 Å². The van der Waals surface area contributed by atoms with Gasteiger partial charge in [0.2, 0.25) is 5.95 Å². The van der Waals surface area contributed by atoms with E-state index in [-0.39, 0.29) is 0 Å². The smallest absolute Gasteiger partial charge is 0.245 e. The highest BCUT2D eigenvalue weighted by Crippen LogP contribution is 2.30. The van der Waals surface area contributed by atoms with Gasteiger partial charge in [-0.3, -0.25) is 0 Å². The summed E-state index contributed by atoms with van der Waals surface area (Å²) in [6, 6.07) is 8.21. The Kier molecular flexibility index (Phi) is 3.85. The monoisotopic (exact) mass is 285 g/mol. The Hall–Kier alpha value is -2.37. The van der Waals surface area contributed by atoms with Crippen LogP contribution in [-0.2, 0) is 7.05 Å². The Morgan fingerprint density at radius 1 is 1.29 bits per heavy atom. The SMILES string of the molecule is CCOc1ccccc1C1=CCN(c2nnnn2C)CC1. The average molecular weight is 285 g/mol. The van der Waals surface area contributed by atoms with Gasteiger partial charge in [-0.2, -0.15) is 0 Å². The van der Waals surface area contributed by atoms with Crippen molar-refractivity contribution in [3.8, 4) is 5.75 Å². The normalized spacial score (nSPS) is 15.0. The Balaban J connectivity index is 1.80. The minimum atomic E-state index is 0.682. The molecule has 0 aliphatic carbocycles. The van der Waals surface area contributed by atoms with Crippen LogP contribution in [0.4, 0.5) is 5.95 Å². The van der Waals surface area contributed by atoms with Crippen molar-refractivity contribution in [3.63, 3.8) is 0 Å². The average Bonchev–Trinajstić information content (AvgIpc) is 2.95. The predicted molar refractivity (Wildman–Crippen MR) is 81.2 cm³/mol. The summed E-state index contributed by atoms with van der Waals surface area (Å²) in [4.78, 5) is 2.17. The fourth-order valence-electron chi connectivity index (χ4n) is 2.60. The van der Waals surface area contributed by atoms with E-state index in [4.69, 9.17) is 4.74 Å². The molecule has 1 aliphatic rings. The van der Waals surface area contributed by atoms with E-state index in [1.165, 1.54) is 11.1 Å². The van der Waals surface area contributed by atoms with E-state index in [0.717, 1.165) is 31.2 Å². The van der Waals surface area contributed by atoms with E-state index in [0.29, 0.717) is 6.61 Å². The van der Waals surface area contributed by atoms with Crippen molar-refractivity contribution in [2.24, 2.45) is 7.05 Å². The molecule has 2 heterocycles. The molecule has 0 amide bonds. The summed E-state index contributed by atoms with van der Waals surface area (Å²) in [6.07, 6.45) is 3.19. The standard InChI is InChI=1S/C15H19N5O/c1-3-21-14-7-5-4-6-13(14)12-8-10-20(11-9-12)15-16-17-18-19(15)2/h4-8H,3,9-11H2,1-2H3. The Morgan fingerprint density at radius 2 is 2.14 bits per heavy atom. The maximum absolute atomic E-state index is 5.72. The summed E-state index contributed by atoms with van der Waals surface area (Å²) in [5, 5.41) is 11.6. The molecule has 6 heteroatoms. The van der Waals surface area contributed by atoms with Crippen molar-refractivity contribution in [3.05, 3.63) is 35.9 Å². The predicted octanol–water partition coefficient (Wildman–Crippen LogP) is 1.90. The van der Waals surface area contributed by atoms with Crippen LogP contribution in [0.1, 0.15) is 18.9 Å². The number of tetrazole rings is 1. The van der Waals surface area contributed by atoms with Gasteiger partial charge in [0.1, 0.15) is 5.75 Å². The largest absolute Gasteiger partial charge is 0.493 e. The van der Waals surface area contributed by atoms with Gasteiger partial charge in [0.05, 0.1) is 6.61 Å². The van der Waals surface area contributed by atoms with Gasteiger partial charge in [-0.25, -0.2) is 4.68 Å². The van der Waals surface area contributed by atoms with Gasteiger partial charge in [-0.05, 0) is 35.4 Å². The van der Waals surface area contributed by atoms with Gasteiger partial charge >= 0.3 is 0 Å². The minimum absolute atomic E-state index is 0.682. The van der Waals surface area contributed by atoms with Crippen LogP contribution in [0, 0.1) is 0 Å². The van der Waals surface area contributed by atoms with Gasteiger partial charge < -0.3 is 9.64 Å². The fourth-order valence-corrected chi connectivity index (χ4v) is 2.60. The van der Waals surface area contributed by atoms with Crippen LogP contribution in [-0.4, -0.2) is 39.9 Å². The molecule has 1 aromatic carbocycles. The molecule has 2 aromatic rings. The highest BCUT2D eigenvalue weighted by atomic mass is 16.5. The molecule has 0 saturated carbocycles. The second-order valence-corrected chi connectivity index (χ2v) is 4.96. The van der Waals surface area contributed by atoms with Crippen LogP contribution in [0.5, 0.6) is 5.75 Å². The summed E-state index contributed by atoms with van der Waals surface area (Å²) < 4.78 is 7.42. The molecule has 0 spiro atoms. The Bertz CT molecular complexity index is 649. The third kappa shape index (κ3) is 2.74. The van der Waals surface area contributed by atoms with Crippen LogP contribution in [0.2, 0.25) is 0 Å². The zero-order valence-electron chi connectivity index (χ0n) is 12.4. The van der Waals surface area contributed by atoms with E-state index in [2.05, 4.69) is 38.6 Å². The summed E-state index contributed by atoms with van der Waals surface area (Å²) in [5.41, 5.74) is 2.51. The summed E-state index contributed by atoms with van der Waals surface area (Å²) in [7, 11) is 1.86. The van der Waals surface area contributed by atoms with Crippen molar-refractivity contribution >= 4 is 11.5 Å². The van der Waals surface area contributed by atoms with Gasteiger partial charge in [0.25, 0.3) is 0 Å². The minimum Gasteiger partial charge on any atom is -0.493 e. The number of hydrogen-bond acceptors (Lipinski definition) is 5. The molecule has 3 rings (SSSR count). The zero-order valence-corrected chi connectivity index (χ0v) is 12.4. The number of aryl methyl sites for hydroxylation is 1. The summed E-state index contributed by atoms with van der Waals surface area (Å²) >= 11 is 0. The van der Waals surface area contributed by atoms with Crippen molar-refractivity contribution < 1.29 is 4.74 Å². The molecular formula is C15H19N5O. The number of para-hydroxylation sites is 1. The summed E-state index contributed by atoms with van der Waals surface area (Å²) in [6.45, 7) is 4.40. The van der Waals surface area contributed by atoms with Crippen molar-refractivity contribution in [1.82, 2.24) is 20.2 Å². The number of anilines is 1. The van der Waals surface area contributed by atoms with Crippen molar-refractivity contribution in [2.45, 2.75) is 13.3 Å². The fraction of sp³-hybridized carbons (Fsp3) is 0.400. The molecule has 0 fully saturated rings.